The first-order valence-corrected chi connectivity index (χ1v) is 16.0. The number of H-pyrrole nitrogens is 1. The van der Waals surface area contributed by atoms with E-state index in [2.05, 4.69) is 11.9 Å². The Labute approximate surface area is 283 Å². The Hall–Kier alpha value is -5.33. The minimum Gasteiger partial charge on any atom is -0.459 e. The average molecular weight is 673 g/mol. The van der Waals surface area contributed by atoms with Crippen LogP contribution in [0.2, 0.25) is 0 Å². The summed E-state index contributed by atoms with van der Waals surface area (Å²) in [5.41, 5.74) is -0.760. The smallest absolute Gasteiger partial charge is 0.338 e. The topological polar surface area (TPSA) is 163 Å². The predicted octanol–water partition coefficient (Wildman–Crippen LogP) is 4.47. The summed E-state index contributed by atoms with van der Waals surface area (Å²) in [5, 5.41) is 11.5. The number of aromatic amines is 1. The van der Waals surface area contributed by atoms with Gasteiger partial charge in [0.25, 0.3) is 5.56 Å². The van der Waals surface area contributed by atoms with Crippen molar-refractivity contribution in [2.45, 2.75) is 63.6 Å². The van der Waals surface area contributed by atoms with Gasteiger partial charge in [-0.25, -0.2) is 19.2 Å². The summed E-state index contributed by atoms with van der Waals surface area (Å²) in [7, 11) is 1.23. The van der Waals surface area contributed by atoms with Crippen LogP contribution < -0.4 is 11.2 Å². The Morgan fingerprint density at radius 1 is 0.735 bits per heavy atom. The number of aromatic nitrogens is 2. The fourth-order valence-electron chi connectivity index (χ4n) is 5.14. The van der Waals surface area contributed by atoms with Crippen molar-refractivity contribution in [3.8, 4) is 0 Å². The van der Waals surface area contributed by atoms with Crippen LogP contribution in [0.4, 0.5) is 0 Å². The molecule has 0 spiro atoms. The molecule has 0 saturated heterocycles. The highest BCUT2D eigenvalue weighted by atomic mass is 16.6. The Balaban J connectivity index is 1.77. The van der Waals surface area contributed by atoms with Gasteiger partial charge in [0.2, 0.25) is 0 Å². The van der Waals surface area contributed by atoms with Gasteiger partial charge < -0.3 is 24.1 Å². The van der Waals surface area contributed by atoms with Crippen LogP contribution in [-0.4, -0.2) is 64.6 Å². The molecular formula is C37H40N2O10. The third-order valence-electron chi connectivity index (χ3n) is 7.74. The highest BCUT2D eigenvalue weighted by molar-refractivity contribution is 5.90. The maximum Gasteiger partial charge on any atom is 0.338 e. The molecule has 0 aliphatic heterocycles. The number of aliphatic hydroxyl groups is 1. The van der Waals surface area contributed by atoms with E-state index in [1.807, 2.05) is 0 Å². The third kappa shape index (κ3) is 10.1. The number of carbonyl (C=O) groups is 3. The Bertz CT molecular complexity index is 1770. The van der Waals surface area contributed by atoms with Gasteiger partial charge in [0.05, 0.1) is 16.7 Å². The van der Waals surface area contributed by atoms with Crippen molar-refractivity contribution in [3.05, 3.63) is 140 Å². The van der Waals surface area contributed by atoms with Crippen molar-refractivity contribution in [2.24, 2.45) is 0 Å². The summed E-state index contributed by atoms with van der Waals surface area (Å²) < 4.78 is 23.8. The first-order valence-electron chi connectivity index (χ1n) is 16.0. The predicted molar refractivity (Wildman–Crippen MR) is 179 cm³/mol. The molecule has 4 rings (SSSR count). The number of methoxy groups -OCH3 is 1. The molecule has 0 aliphatic carbocycles. The lowest BCUT2D eigenvalue weighted by Gasteiger charge is -2.35. The summed E-state index contributed by atoms with van der Waals surface area (Å²) in [6.45, 7) is 1.37. The highest BCUT2D eigenvalue weighted by Crippen LogP contribution is 2.25. The summed E-state index contributed by atoms with van der Waals surface area (Å²) in [4.78, 5) is 68.0. The van der Waals surface area contributed by atoms with Crippen LogP contribution in [0.3, 0.4) is 0 Å². The van der Waals surface area contributed by atoms with Gasteiger partial charge in [-0.05, 0) is 49.2 Å². The van der Waals surface area contributed by atoms with Gasteiger partial charge in [0.15, 0.2) is 18.4 Å². The van der Waals surface area contributed by atoms with Gasteiger partial charge in [-0.15, -0.1) is 0 Å². The second-order valence-electron chi connectivity index (χ2n) is 11.3. The first-order chi connectivity index (χ1) is 23.7. The van der Waals surface area contributed by atoms with Crippen LogP contribution in [0, 0.1) is 0 Å². The first kappa shape index (κ1) is 36.5. The number of aliphatic hydroxyl groups excluding tert-OH is 1. The summed E-state index contributed by atoms with van der Waals surface area (Å²) in [5.74, 6) is -2.56. The van der Waals surface area contributed by atoms with Crippen LogP contribution >= 0.6 is 0 Å². The number of esters is 3. The van der Waals surface area contributed by atoms with Crippen molar-refractivity contribution < 1.29 is 38.4 Å². The number of aryl methyl sites for hydroxylation is 1. The number of rotatable bonds is 17. The lowest BCUT2D eigenvalue weighted by molar-refractivity contribution is -0.153. The van der Waals surface area contributed by atoms with Crippen LogP contribution in [0.1, 0.15) is 75.5 Å². The van der Waals surface area contributed by atoms with Crippen molar-refractivity contribution >= 4 is 17.9 Å². The average Bonchev–Trinajstić information content (AvgIpc) is 3.13. The number of unbranched alkanes of at least 4 members (excludes halogenated alkanes) is 3. The molecule has 1 aromatic heterocycles. The van der Waals surface area contributed by atoms with Crippen molar-refractivity contribution in [1.29, 1.82) is 0 Å². The zero-order valence-electron chi connectivity index (χ0n) is 27.4. The van der Waals surface area contributed by atoms with Gasteiger partial charge >= 0.3 is 23.6 Å². The van der Waals surface area contributed by atoms with Gasteiger partial charge in [-0.1, -0.05) is 80.8 Å². The number of benzene rings is 3. The van der Waals surface area contributed by atoms with E-state index in [4.69, 9.17) is 18.9 Å². The zero-order valence-corrected chi connectivity index (χ0v) is 27.4. The molecule has 12 heteroatoms. The van der Waals surface area contributed by atoms with E-state index in [0.29, 0.717) is 12.8 Å². The maximum atomic E-state index is 13.5. The number of hydrogen-bond donors (Lipinski definition) is 2. The molecule has 3 aromatic carbocycles. The number of carbonyl (C=O) groups excluding carboxylic acids is 3. The SMILES string of the molecule is CCCCCCc1cn(C(OC)[C@@H](OC(=O)c2ccccc2)[C@H](OC(=O)c2ccccc2)[C@H](O)COC(=O)c2ccccc2)c(=O)[nH]c1=O. The molecule has 4 aromatic rings. The minimum atomic E-state index is -1.79. The van der Waals surface area contributed by atoms with Crippen molar-refractivity contribution in [2.75, 3.05) is 13.7 Å². The molecular weight excluding hydrogens is 632 g/mol. The van der Waals surface area contributed by atoms with Crippen molar-refractivity contribution in [3.63, 3.8) is 0 Å². The molecule has 4 atom stereocenters. The molecule has 0 saturated carbocycles. The van der Waals surface area contributed by atoms with E-state index in [1.54, 1.807) is 54.6 Å². The van der Waals surface area contributed by atoms with E-state index < -0.39 is 60.3 Å². The third-order valence-corrected chi connectivity index (χ3v) is 7.74. The molecule has 1 unspecified atom stereocenters. The fraction of sp³-hybridized carbons (Fsp3) is 0.324. The summed E-state index contributed by atoms with van der Waals surface area (Å²) in [6, 6.07) is 23.8. The standard InChI is InChI=1S/C37H40N2O10/c1-3-4-5-9-22-28-23-39(37(45)38-32(28)41)33(46-2)31(49-36(44)27-20-14-8-15-21-27)30(48-35(43)26-18-12-7-13-19-26)29(40)24-47-34(42)25-16-10-6-11-17-25/h6-8,10-21,23,29-31,33,40H,3-5,9,22,24H2,1-2H3,(H,38,41,45)/t29-,30-,31+,33?/m1/s1. The number of nitrogens with one attached hydrogen (secondary N) is 1. The summed E-state index contributed by atoms with van der Waals surface area (Å²) >= 11 is 0. The van der Waals surface area contributed by atoms with Crippen LogP contribution in [0.25, 0.3) is 0 Å². The zero-order chi connectivity index (χ0) is 35.2. The molecule has 2 N–H and O–H groups in total. The van der Waals surface area contributed by atoms with E-state index >= 15 is 0 Å². The number of hydrogen-bond acceptors (Lipinski definition) is 10. The van der Waals surface area contributed by atoms with Gasteiger partial charge in [-0.2, -0.15) is 0 Å². The molecule has 0 aliphatic rings. The molecule has 258 valence electrons. The van der Waals surface area contributed by atoms with Gasteiger partial charge in [-0.3, -0.25) is 14.3 Å². The minimum absolute atomic E-state index is 0.110. The molecule has 1 heterocycles. The van der Waals surface area contributed by atoms with E-state index in [9.17, 15) is 29.1 Å². The molecule has 0 radical (unpaired) electrons. The van der Waals surface area contributed by atoms with Crippen LogP contribution in [0.5, 0.6) is 0 Å². The largest absolute Gasteiger partial charge is 0.459 e. The Morgan fingerprint density at radius 3 is 1.76 bits per heavy atom. The number of ether oxygens (including phenoxy) is 4. The monoisotopic (exact) mass is 672 g/mol. The highest BCUT2D eigenvalue weighted by Gasteiger charge is 2.43. The van der Waals surface area contributed by atoms with Crippen molar-refractivity contribution in [1.82, 2.24) is 9.55 Å². The second kappa shape index (κ2) is 18.3. The summed E-state index contributed by atoms with van der Waals surface area (Å²) in [6.07, 6.45) is -1.65. The lowest BCUT2D eigenvalue weighted by Crippen LogP contribution is -2.52. The van der Waals surface area contributed by atoms with E-state index in [1.165, 1.54) is 49.7 Å². The Kier molecular flexibility index (Phi) is 13.6. The molecule has 0 amide bonds. The number of nitrogens with zero attached hydrogens (tertiary/aromatic N) is 1. The Morgan fingerprint density at radius 2 is 1.24 bits per heavy atom. The fourth-order valence-corrected chi connectivity index (χ4v) is 5.14. The maximum absolute atomic E-state index is 13.5. The lowest BCUT2D eigenvalue weighted by atomic mass is 10.0. The molecule has 0 bridgehead atoms. The van der Waals surface area contributed by atoms with Crippen LogP contribution in [-0.2, 0) is 25.4 Å². The van der Waals surface area contributed by atoms with E-state index in [0.717, 1.165) is 23.8 Å². The van der Waals surface area contributed by atoms with Gasteiger partial charge in [0, 0.05) is 18.9 Å². The van der Waals surface area contributed by atoms with Gasteiger partial charge in [0.1, 0.15) is 12.7 Å². The quantitative estimate of drug-likeness (QED) is 0.0929. The van der Waals surface area contributed by atoms with E-state index in [-0.39, 0.29) is 22.3 Å². The van der Waals surface area contributed by atoms with Crippen LogP contribution in [0.15, 0.2) is 107 Å². The molecule has 12 nitrogen and oxygen atoms in total. The normalized spacial score (nSPS) is 13.4. The second-order valence-corrected chi connectivity index (χ2v) is 11.3. The molecule has 49 heavy (non-hydrogen) atoms. The molecule has 0 fully saturated rings.